The summed E-state index contributed by atoms with van der Waals surface area (Å²) in [6.07, 6.45) is 1.65. The van der Waals surface area contributed by atoms with Gasteiger partial charge in [-0.05, 0) is 30.7 Å². The highest BCUT2D eigenvalue weighted by molar-refractivity contribution is 9.10. The summed E-state index contributed by atoms with van der Waals surface area (Å²) in [4.78, 5) is 16.1. The average Bonchev–Trinajstić information content (AvgIpc) is 2.53. The number of rotatable bonds is 5. The summed E-state index contributed by atoms with van der Waals surface area (Å²) in [6.45, 7) is 2.30. The van der Waals surface area contributed by atoms with Crippen LogP contribution in [-0.2, 0) is 6.54 Å². The van der Waals surface area contributed by atoms with E-state index in [0.29, 0.717) is 12.4 Å². The Kier molecular flexibility index (Phi) is 5.77. The summed E-state index contributed by atoms with van der Waals surface area (Å²) in [5.74, 6) is 0.517. The Bertz CT molecular complexity index is 632. The number of hydrogen-bond donors (Lipinski definition) is 2. The highest BCUT2D eigenvalue weighted by atomic mass is 79.9. The number of methoxy groups -OCH3 is 1. The van der Waals surface area contributed by atoms with E-state index >= 15 is 0 Å². The van der Waals surface area contributed by atoms with Gasteiger partial charge in [0.15, 0.2) is 0 Å². The van der Waals surface area contributed by atoms with Crippen molar-refractivity contribution in [1.82, 2.24) is 15.6 Å². The maximum atomic E-state index is 12.0. The summed E-state index contributed by atoms with van der Waals surface area (Å²) in [6, 6.07) is 11.2. The van der Waals surface area contributed by atoms with Crippen molar-refractivity contribution in [2.75, 3.05) is 7.11 Å². The third-order valence-corrected chi connectivity index (χ3v) is 3.73. The molecule has 0 aliphatic heterocycles. The number of nitrogens with zero attached hydrogens (tertiary/aromatic N) is 1. The van der Waals surface area contributed by atoms with Gasteiger partial charge in [0.1, 0.15) is 0 Å². The first kappa shape index (κ1) is 16.3. The van der Waals surface area contributed by atoms with Gasteiger partial charge in [0.25, 0.3) is 0 Å². The van der Waals surface area contributed by atoms with Crippen molar-refractivity contribution in [2.24, 2.45) is 0 Å². The summed E-state index contributed by atoms with van der Waals surface area (Å²) < 4.78 is 6.16. The van der Waals surface area contributed by atoms with Gasteiger partial charge in [-0.2, -0.15) is 0 Å². The Morgan fingerprint density at radius 3 is 2.73 bits per heavy atom. The van der Waals surface area contributed by atoms with Crippen LogP contribution in [0.1, 0.15) is 24.1 Å². The predicted octanol–water partition coefficient (Wildman–Crippen LogP) is 3.41. The second-order valence-corrected chi connectivity index (χ2v) is 5.69. The molecular formula is C16H18BrN3O2. The predicted molar refractivity (Wildman–Crippen MR) is 88.7 cm³/mol. The van der Waals surface area contributed by atoms with Crippen LogP contribution in [0.4, 0.5) is 4.79 Å². The number of carbonyl (C=O) groups is 1. The molecule has 2 aromatic rings. The van der Waals surface area contributed by atoms with Gasteiger partial charge in [-0.3, -0.25) is 0 Å². The second-order valence-electron chi connectivity index (χ2n) is 4.77. The van der Waals surface area contributed by atoms with E-state index in [2.05, 4.69) is 31.5 Å². The van der Waals surface area contributed by atoms with Crippen molar-refractivity contribution in [3.05, 3.63) is 58.2 Å². The third-order valence-electron chi connectivity index (χ3n) is 3.20. The average molecular weight is 364 g/mol. The van der Waals surface area contributed by atoms with Gasteiger partial charge >= 0.3 is 6.03 Å². The smallest absolute Gasteiger partial charge is 0.315 e. The monoisotopic (exact) mass is 363 g/mol. The number of benzene rings is 1. The van der Waals surface area contributed by atoms with E-state index in [1.807, 2.05) is 43.3 Å². The fraction of sp³-hybridized carbons (Fsp3) is 0.250. The first-order valence-electron chi connectivity index (χ1n) is 6.88. The molecule has 0 saturated heterocycles. The first-order valence-corrected chi connectivity index (χ1v) is 7.67. The van der Waals surface area contributed by atoms with Crippen LogP contribution in [0.2, 0.25) is 0 Å². The van der Waals surface area contributed by atoms with Gasteiger partial charge in [-0.25, -0.2) is 9.78 Å². The molecule has 1 heterocycles. The maximum Gasteiger partial charge on any atom is 0.315 e. The Morgan fingerprint density at radius 2 is 2.05 bits per heavy atom. The van der Waals surface area contributed by atoms with Crippen molar-refractivity contribution in [3.63, 3.8) is 0 Å². The van der Waals surface area contributed by atoms with Gasteiger partial charge < -0.3 is 15.4 Å². The van der Waals surface area contributed by atoms with Gasteiger partial charge in [-0.15, -0.1) is 0 Å². The molecule has 1 unspecified atom stereocenters. The van der Waals surface area contributed by atoms with Crippen LogP contribution in [0.3, 0.4) is 0 Å². The zero-order chi connectivity index (χ0) is 15.9. The Labute approximate surface area is 138 Å². The highest BCUT2D eigenvalue weighted by Crippen LogP contribution is 2.16. The van der Waals surface area contributed by atoms with Gasteiger partial charge in [-0.1, -0.05) is 34.1 Å². The fourth-order valence-electron chi connectivity index (χ4n) is 2.00. The Morgan fingerprint density at radius 1 is 1.32 bits per heavy atom. The molecule has 0 spiro atoms. The molecule has 1 atom stereocenters. The van der Waals surface area contributed by atoms with E-state index in [1.165, 1.54) is 0 Å². The summed E-state index contributed by atoms with van der Waals surface area (Å²) in [5.41, 5.74) is 1.87. The van der Waals surface area contributed by atoms with Crippen molar-refractivity contribution < 1.29 is 9.53 Å². The van der Waals surface area contributed by atoms with Crippen molar-refractivity contribution >= 4 is 22.0 Å². The Hall–Kier alpha value is -2.08. The maximum absolute atomic E-state index is 12.0. The number of pyridine rings is 1. The summed E-state index contributed by atoms with van der Waals surface area (Å²) in [7, 11) is 1.56. The van der Waals surface area contributed by atoms with Gasteiger partial charge in [0.2, 0.25) is 5.88 Å². The molecule has 0 aliphatic rings. The molecular weight excluding hydrogens is 346 g/mol. The zero-order valence-electron chi connectivity index (χ0n) is 12.5. The lowest BCUT2D eigenvalue weighted by molar-refractivity contribution is 0.237. The molecule has 0 saturated carbocycles. The lowest BCUT2D eigenvalue weighted by atomic mass is 10.1. The number of nitrogens with one attached hydrogen (secondary N) is 2. The molecule has 2 amide bonds. The number of aromatic nitrogens is 1. The molecule has 2 rings (SSSR count). The lowest BCUT2D eigenvalue weighted by Crippen LogP contribution is -2.36. The molecule has 0 aliphatic carbocycles. The number of amides is 2. The minimum atomic E-state index is -0.235. The fourth-order valence-corrected chi connectivity index (χ4v) is 2.26. The minimum Gasteiger partial charge on any atom is -0.481 e. The van der Waals surface area contributed by atoms with Crippen molar-refractivity contribution in [1.29, 1.82) is 0 Å². The third kappa shape index (κ3) is 4.46. The molecule has 116 valence electrons. The second kappa shape index (κ2) is 7.79. The van der Waals surface area contributed by atoms with E-state index in [9.17, 15) is 4.79 Å². The molecule has 1 aromatic heterocycles. The number of urea groups is 1. The molecule has 0 radical (unpaired) electrons. The van der Waals surface area contributed by atoms with Crippen LogP contribution in [0, 0.1) is 0 Å². The molecule has 2 N–H and O–H groups in total. The zero-order valence-corrected chi connectivity index (χ0v) is 14.1. The SMILES string of the molecule is COc1ncccc1CNC(=O)NC(C)c1ccc(Br)cc1. The van der Waals surface area contributed by atoms with Crippen LogP contribution in [0.25, 0.3) is 0 Å². The standard InChI is InChI=1S/C16H18BrN3O2/c1-11(12-5-7-14(17)8-6-12)20-16(21)19-10-13-4-3-9-18-15(13)22-2/h3-9,11H,10H2,1-2H3,(H2,19,20,21). The van der Waals surface area contributed by atoms with E-state index < -0.39 is 0 Å². The van der Waals surface area contributed by atoms with Crippen LogP contribution in [0.15, 0.2) is 47.1 Å². The van der Waals surface area contributed by atoms with E-state index in [1.54, 1.807) is 13.3 Å². The van der Waals surface area contributed by atoms with Crippen LogP contribution >= 0.6 is 15.9 Å². The summed E-state index contributed by atoms with van der Waals surface area (Å²) >= 11 is 3.39. The molecule has 0 bridgehead atoms. The Balaban J connectivity index is 1.88. The number of halogens is 1. The van der Waals surface area contributed by atoms with Gasteiger partial charge in [0, 0.05) is 22.8 Å². The summed E-state index contributed by atoms with van der Waals surface area (Å²) in [5, 5.41) is 5.70. The largest absolute Gasteiger partial charge is 0.481 e. The van der Waals surface area contributed by atoms with Crippen molar-refractivity contribution in [2.45, 2.75) is 19.5 Å². The lowest BCUT2D eigenvalue weighted by Gasteiger charge is -2.15. The first-order chi connectivity index (χ1) is 10.6. The molecule has 0 fully saturated rings. The van der Waals surface area contributed by atoms with Gasteiger partial charge in [0.05, 0.1) is 13.2 Å². The molecule has 22 heavy (non-hydrogen) atoms. The molecule has 5 nitrogen and oxygen atoms in total. The van der Waals surface area contributed by atoms with Crippen LogP contribution in [0.5, 0.6) is 5.88 Å². The quantitative estimate of drug-likeness (QED) is 0.855. The van der Waals surface area contributed by atoms with E-state index in [0.717, 1.165) is 15.6 Å². The van der Waals surface area contributed by atoms with Crippen LogP contribution < -0.4 is 15.4 Å². The number of hydrogen-bond acceptors (Lipinski definition) is 3. The topological polar surface area (TPSA) is 63.2 Å². The normalized spacial score (nSPS) is 11.6. The minimum absolute atomic E-state index is 0.0797. The molecule has 6 heteroatoms. The number of carbonyl (C=O) groups excluding carboxylic acids is 1. The molecule has 1 aromatic carbocycles. The van der Waals surface area contributed by atoms with Crippen LogP contribution in [-0.4, -0.2) is 18.1 Å². The van der Waals surface area contributed by atoms with E-state index in [4.69, 9.17) is 4.74 Å². The highest BCUT2D eigenvalue weighted by Gasteiger charge is 2.10. The van der Waals surface area contributed by atoms with Crippen molar-refractivity contribution in [3.8, 4) is 5.88 Å². The number of ether oxygens (including phenoxy) is 1. The van der Waals surface area contributed by atoms with E-state index in [-0.39, 0.29) is 12.1 Å².